The molecule has 3 nitrogen and oxygen atoms in total. The van der Waals surface area contributed by atoms with Crippen LogP contribution in [0.25, 0.3) is 0 Å². The molecule has 0 saturated heterocycles. The van der Waals surface area contributed by atoms with Crippen molar-refractivity contribution in [3.05, 3.63) is 0 Å². The average molecular weight is 67.1 g/mol. The van der Waals surface area contributed by atoms with E-state index in [-0.39, 0.29) is 0 Å². The Morgan fingerprint density at radius 3 is 2.80 bits per heavy atom. The summed E-state index contributed by atoms with van der Waals surface area (Å²) in [7, 11) is 0. The number of rotatable bonds is 0. The predicted octanol–water partition coefficient (Wildman–Crippen LogP) is -0.547. The molecule has 0 aromatic heterocycles. The Bertz CT molecular complexity index is 63.0. The van der Waals surface area contributed by atoms with E-state index in [1.165, 1.54) is 6.34 Å². The lowest BCUT2D eigenvalue weighted by atomic mass is 11.2. The van der Waals surface area contributed by atoms with Crippen LogP contribution in [-0.4, -0.2) is 12.7 Å². The van der Waals surface area contributed by atoms with E-state index in [0.717, 1.165) is 0 Å². The van der Waals surface area contributed by atoms with Gasteiger partial charge in [-0.3, -0.25) is 0 Å². The van der Waals surface area contributed by atoms with Crippen LogP contribution in [0.15, 0.2) is 10.2 Å². The van der Waals surface area contributed by atoms with E-state index in [1.54, 1.807) is 0 Å². The third-order valence-electron chi connectivity index (χ3n) is 0.270. The van der Waals surface area contributed by atoms with Crippen molar-refractivity contribution in [1.82, 2.24) is 5.32 Å². The van der Waals surface area contributed by atoms with Gasteiger partial charge in [-0.05, 0) is 0 Å². The van der Waals surface area contributed by atoms with Gasteiger partial charge >= 0.3 is 0 Å². The van der Waals surface area contributed by atoms with Crippen molar-refractivity contribution in [3.8, 4) is 0 Å². The van der Waals surface area contributed by atoms with Crippen molar-refractivity contribution < 1.29 is 0 Å². The van der Waals surface area contributed by atoms with Crippen molar-refractivity contribution in [3.63, 3.8) is 0 Å². The molecule has 2 radical (unpaired) electrons. The Hall–Kier alpha value is -0.860. The molecule has 3 heteroatoms. The van der Waals surface area contributed by atoms with Crippen LogP contribution >= 0.6 is 0 Å². The van der Waals surface area contributed by atoms with Crippen molar-refractivity contribution >= 4 is 12.7 Å². The summed E-state index contributed by atoms with van der Waals surface area (Å²) in [6.45, 7) is 0. The Labute approximate surface area is 29.4 Å². The van der Waals surface area contributed by atoms with E-state index in [1.807, 2.05) is 0 Å². The van der Waals surface area contributed by atoms with Gasteiger partial charge in [0.1, 0.15) is 6.34 Å². The summed E-state index contributed by atoms with van der Waals surface area (Å²) in [5.41, 5.74) is 0. The van der Waals surface area contributed by atoms with Crippen LogP contribution in [0.1, 0.15) is 0 Å². The second-order valence-electron chi connectivity index (χ2n) is 0.560. The molecule has 1 heterocycles. The van der Waals surface area contributed by atoms with E-state index in [9.17, 15) is 0 Å². The third-order valence-corrected chi connectivity index (χ3v) is 0.270. The maximum Gasteiger partial charge on any atom is 0.223 e. The Morgan fingerprint density at radius 2 is 2.60 bits per heavy atom. The molecule has 0 N–H and O–H groups in total. The van der Waals surface area contributed by atoms with Gasteiger partial charge < -0.3 is 0 Å². The van der Waals surface area contributed by atoms with Crippen LogP contribution in [0.2, 0.25) is 0 Å². The maximum absolute atomic E-state index is 3.38. The monoisotopic (exact) mass is 67.0 g/mol. The molecule has 0 aromatic rings. The van der Waals surface area contributed by atoms with E-state index in [2.05, 4.69) is 21.9 Å². The van der Waals surface area contributed by atoms with Gasteiger partial charge in [-0.1, -0.05) is 0 Å². The highest BCUT2D eigenvalue weighted by Gasteiger charge is 1.76. The normalized spacial score (nSPS) is 16.0. The summed E-state index contributed by atoms with van der Waals surface area (Å²) < 4.78 is 0. The molecule has 1 aliphatic heterocycles. The first-order valence-electron chi connectivity index (χ1n) is 1.16. The molecule has 24 valence electrons. The number of nitrogens with zero attached hydrogens (tertiary/aromatic N) is 3. The zero-order valence-electron chi connectivity index (χ0n) is 2.42. The van der Waals surface area contributed by atoms with E-state index < -0.39 is 0 Å². The summed E-state index contributed by atoms with van der Waals surface area (Å²) in [4.78, 5) is 0. The highest BCUT2D eigenvalue weighted by Crippen LogP contribution is 1.67. The second-order valence-corrected chi connectivity index (χ2v) is 0.560. The lowest BCUT2D eigenvalue weighted by molar-refractivity contribution is 1.29. The van der Waals surface area contributed by atoms with Crippen LogP contribution in [0.3, 0.4) is 0 Å². The van der Waals surface area contributed by atoms with Gasteiger partial charge in [0, 0.05) is 0 Å². The predicted molar refractivity (Wildman–Crippen MR) is 18.1 cm³/mol. The van der Waals surface area contributed by atoms with Gasteiger partial charge in [-0.25, -0.2) is 5.32 Å². The van der Waals surface area contributed by atoms with Crippen molar-refractivity contribution in [1.29, 1.82) is 0 Å². The molecule has 0 unspecified atom stereocenters. The largest absolute Gasteiger partial charge is 0.223 e. The summed E-state index contributed by atoms with van der Waals surface area (Å²) in [6, 6.07) is 0. The van der Waals surface area contributed by atoms with Gasteiger partial charge in [-0.2, -0.15) is 0 Å². The molecule has 0 fully saturated rings. The molecule has 1 rings (SSSR count). The first-order valence-corrected chi connectivity index (χ1v) is 1.16. The standard InChI is InChI=1S/C2HN3/c1-3-2-5-4-1/h1H. The van der Waals surface area contributed by atoms with Crippen molar-refractivity contribution in [2.75, 3.05) is 0 Å². The molecule has 0 saturated carbocycles. The van der Waals surface area contributed by atoms with Crippen molar-refractivity contribution in [2.24, 2.45) is 10.2 Å². The van der Waals surface area contributed by atoms with Crippen LogP contribution in [0, 0.1) is 0 Å². The first-order chi connectivity index (χ1) is 2.50. The van der Waals surface area contributed by atoms with Crippen LogP contribution < -0.4 is 5.32 Å². The topological polar surface area (TPSA) is 38.8 Å². The minimum atomic E-state index is 1.33. The molecule has 0 spiro atoms. The highest BCUT2D eigenvalue weighted by atomic mass is 15.3. The third kappa shape index (κ3) is 0.238. The zero-order valence-corrected chi connectivity index (χ0v) is 2.42. The summed E-state index contributed by atoms with van der Waals surface area (Å²) in [5, 5.41) is 9.92. The quantitative estimate of drug-likeness (QED) is 0.365. The second kappa shape index (κ2) is 0.839. The zero-order chi connectivity index (χ0) is 3.54. The fourth-order valence-electron chi connectivity index (χ4n) is 0.129. The molecule has 1 aliphatic rings. The molecule has 0 aromatic carbocycles. The first kappa shape index (κ1) is 2.38. The van der Waals surface area contributed by atoms with Crippen LogP contribution in [0.4, 0.5) is 0 Å². The van der Waals surface area contributed by atoms with Gasteiger partial charge in [0.05, 0.1) is 0 Å². The van der Waals surface area contributed by atoms with Crippen LogP contribution in [0.5, 0.6) is 0 Å². The molecule has 0 amide bonds. The van der Waals surface area contributed by atoms with Gasteiger partial charge in [-0.15, -0.1) is 10.2 Å². The Balaban J connectivity index is 2.61. The molecular formula is C2HN3. The lowest BCUT2D eigenvalue weighted by Gasteiger charge is -1.54. The number of hydrogen-bond donors (Lipinski definition) is 0. The molecule has 0 atom stereocenters. The van der Waals surface area contributed by atoms with Gasteiger partial charge in [0.15, 0.2) is 0 Å². The Kier molecular flexibility index (Phi) is 0.400. The van der Waals surface area contributed by atoms with E-state index in [0.29, 0.717) is 0 Å². The summed E-state index contributed by atoms with van der Waals surface area (Å²) in [5.74, 6) is 0. The smallest absolute Gasteiger partial charge is 0.210 e. The van der Waals surface area contributed by atoms with Crippen molar-refractivity contribution in [2.45, 2.75) is 0 Å². The minimum Gasteiger partial charge on any atom is -0.210 e. The SMILES string of the molecule is [C]1=NN=C[N]1. The van der Waals surface area contributed by atoms with Gasteiger partial charge in [0.25, 0.3) is 0 Å². The van der Waals surface area contributed by atoms with E-state index in [4.69, 9.17) is 0 Å². The average Bonchev–Trinajstić information content (AvgIpc) is 1.76. The summed E-state index contributed by atoms with van der Waals surface area (Å²) >= 11 is 0. The maximum atomic E-state index is 3.38. The number of hydrogen-bond acceptors (Lipinski definition) is 2. The lowest BCUT2D eigenvalue weighted by Crippen LogP contribution is -1.87. The van der Waals surface area contributed by atoms with Gasteiger partial charge in [0.2, 0.25) is 6.34 Å². The minimum absolute atomic E-state index is 1.33. The highest BCUT2D eigenvalue weighted by molar-refractivity contribution is 5.77. The molecule has 0 bridgehead atoms. The molecular weight excluding hydrogens is 66.0 g/mol. The van der Waals surface area contributed by atoms with E-state index >= 15 is 0 Å². The Morgan fingerprint density at radius 1 is 1.60 bits per heavy atom. The fraction of sp³-hybridized carbons (Fsp3) is 0. The van der Waals surface area contributed by atoms with Crippen LogP contribution in [-0.2, 0) is 0 Å². The molecule has 0 aliphatic carbocycles. The summed E-state index contributed by atoms with van der Waals surface area (Å²) in [6.07, 6.45) is 3.58. The fourth-order valence-corrected chi connectivity index (χ4v) is 0.129. The molecule has 5 heavy (non-hydrogen) atoms.